The van der Waals surface area contributed by atoms with Crippen LogP contribution in [0.15, 0.2) is 48.1 Å². The fraction of sp³-hybridized carbons (Fsp3) is 0.357. The van der Waals surface area contributed by atoms with Crippen molar-refractivity contribution in [1.29, 1.82) is 0 Å². The Bertz CT molecular complexity index is 360. The lowest BCUT2D eigenvalue weighted by atomic mass is 10.0. The van der Waals surface area contributed by atoms with Gasteiger partial charge in [0.1, 0.15) is 13.2 Å². The molecule has 1 N–H and O–H groups in total. The van der Waals surface area contributed by atoms with Crippen LogP contribution in [0.2, 0.25) is 0 Å². The molecule has 3 nitrogen and oxygen atoms in total. The van der Waals surface area contributed by atoms with E-state index in [0.717, 1.165) is 18.4 Å². The van der Waals surface area contributed by atoms with Crippen LogP contribution in [0.4, 0.5) is 0 Å². The van der Waals surface area contributed by atoms with Crippen molar-refractivity contribution < 1.29 is 9.94 Å². The molecular weight excluding hydrogens is 214 g/mol. The van der Waals surface area contributed by atoms with Gasteiger partial charge in [0.25, 0.3) is 0 Å². The zero-order chi connectivity index (χ0) is 12.5. The molecule has 0 spiro atoms. The number of nitrogens with zero attached hydrogens (tertiary/aromatic N) is 1. The number of benzene rings is 1. The summed E-state index contributed by atoms with van der Waals surface area (Å²) in [4.78, 5) is 4.78. The third-order valence-corrected chi connectivity index (χ3v) is 2.48. The van der Waals surface area contributed by atoms with E-state index in [0.29, 0.717) is 12.1 Å². The lowest BCUT2D eigenvalue weighted by molar-refractivity contribution is 0.193. The van der Waals surface area contributed by atoms with Crippen molar-refractivity contribution in [3.05, 3.63) is 48.6 Å². The van der Waals surface area contributed by atoms with Gasteiger partial charge in [0.05, 0.1) is 5.71 Å². The quantitative estimate of drug-likeness (QED) is 0.340. The Morgan fingerprint density at radius 1 is 1.47 bits per heavy atom. The van der Waals surface area contributed by atoms with E-state index in [4.69, 9.17) is 4.84 Å². The van der Waals surface area contributed by atoms with Crippen LogP contribution in [0, 0.1) is 0 Å². The molecule has 3 heteroatoms. The Morgan fingerprint density at radius 3 is 2.76 bits per heavy atom. The van der Waals surface area contributed by atoms with Gasteiger partial charge in [-0.3, -0.25) is 0 Å². The first kappa shape index (κ1) is 13.5. The fourth-order valence-corrected chi connectivity index (χ4v) is 1.60. The van der Waals surface area contributed by atoms with Gasteiger partial charge >= 0.3 is 0 Å². The largest absolute Gasteiger partial charge is 0.399 e. The average molecular weight is 233 g/mol. The molecule has 0 saturated carbocycles. The number of rotatable bonds is 7. The molecule has 0 bridgehead atoms. The molecule has 0 heterocycles. The number of unbranched alkanes of at least 4 members (excludes halogenated alkanes) is 1. The SMILES string of the molecule is C=CCCC/C(=N/OC)C(O)c1ccccc1. The maximum absolute atomic E-state index is 10.2. The predicted molar refractivity (Wildman–Crippen MR) is 69.9 cm³/mol. The molecular formula is C14H19NO2. The molecule has 1 atom stereocenters. The van der Waals surface area contributed by atoms with E-state index in [2.05, 4.69) is 11.7 Å². The first-order valence-corrected chi connectivity index (χ1v) is 5.73. The van der Waals surface area contributed by atoms with Crippen molar-refractivity contribution >= 4 is 5.71 Å². The first-order chi connectivity index (χ1) is 8.29. The van der Waals surface area contributed by atoms with Gasteiger partial charge in [-0.1, -0.05) is 41.6 Å². The van der Waals surface area contributed by atoms with E-state index in [1.807, 2.05) is 36.4 Å². The third-order valence-electron chi connectivity index (χ3n) is 2.48. The zero-order valence-electron chi connectivity index (χ0n) is 10.2. The van der Waals surface area contributed by atoms with Gasteiger partial charge in [0.2, 0.25) is 0 Å². The fourth-order valence-electron chi connectivity index (χ4n) is 1.60. The van der Waals surface area contributed by atoms with Gasteiger partial charge in [0.15, 0.2) is 0 Å². The van der Waals surface area contributed by atoms with E-state index in [9.17, 15) is 5.11 Å². The van der Waals surface area contributed by atoms with E-state index in [1.54, 1.807) is 0 Å². The second-order valence-corrected chi connectivity index (χ2v) is 3.76. The van der Waals surface area contributed by atoms with Crippen LogP contribution in [0.5, 0.6) is 0 Å². The average Bonchev–Trinajstić information content (AvgIpc) is 2.38. The minimum atomic E-state index is -0.694. The summed E-state index contributed by atoms with van der Waals surface area (Å²) in [6, 6.07) is 9.47. The number of allylic oxidation sites excluding steroid dienone is 1. The topological polar surface area (TPSA) is 41.8 Å². The summed E-state index contributed by atoms with van der Waals surface area (Å²) >= 11 is 0. The molecule has 0 aliphatic carbocycles. The van der Waals surface area contributed by atoms with E-state index < -0.39 is 6.10 Å². The lowest BCUT2D eigenvalue weighted by Gasteiger charge is -2.13. The van der Waals surface area contributed by atoms with Gasteiger partial charge < -0.3 is 9.94 Å². The Labute approximate surface area is 102 Å². The van der Waals surface area contributed by atoms with Crippen molar-refractivity contribution in [1.82, 2.24) is 0 Å². The number of hydrogen-bond acceptors (Lipinski definition) is 3. The lowest BCUT2D eigenvalue weighted by Crippen LogP contribution is -2.12. The second kappa shape index (κ2) is 7.63. The third kappa shape index (κ3) is 4.41. The van der Waals surface area contributed by atoms with Crippen LogP contribution >= 0.6 is 0 Å². The summed E-state index contributed by atoms with van der Waals surface area (Å²) in [5.41, 5.74) is 1.49. The van der Waals surface area contributed by atoms with E-state index >= 15 is 0 Å². The minimum absolute atomic E-state index is 0.653. The molecule has 0 amide bonds. The Hall–Kier alpha value is -1.61. The zero-order valence-corrected chi connectivity index (χ0v) is 10.2. The summed E-state index contributed by atoms with van der Waals surface area (Å²) in [6.07, 6.45) is 3.69. The highest BCUT2D eigenvalue weighted by atomic mass is 16.6. The van der Waals surface area contributed by atoms with Crippen LogP contribution in [-0.4, -0.2) is 17.9 Å². The molecule has 1 aromatic carbocycles. The van der Waals surface area contributed by atoms with Crippen LogP contribution in [0.3, 0.4) is 0 Å². The number of aliphatic hydroxyl groups is 1. The van der Waals surface area contributed by atoms with Crippen molar-refractivity contribution in [3.63, 3.8) is 0 Å². The van der Waals surface area contributed by atoms with Gasteiger partial charge in [0, 0.05) is 0 Å². The minimum Gasteiger partial charge on any atom is -0.399 e. The highest BCUT2D eigenvalue weighted by Gasteiger charge is 2.15. The molecule has 1 aromatic rings. The summed E-state index contributed by atoms with van der Waals surface area (Å²) in [5.74, 6) is 0. The Morgan fingerprint density at radius 2 is 2.18 bits per heavy atom. The van der Waals surface area contributed by atoms with Crippen LogP contribution in [-0.2, 0) is 4.84 Å². The van der Waals surface area contributed by atoms with Gasteiger partial charge in [-0.25, -0.2) is 0 Å². The van der Waals surface area contributed by atoms with Crippen molar-refractivity contribution in [2.75, 3.05) is 7.11 Å². The molecule has 0 radical (unpaired) electrons. The van der Waals surface area contributed by atoms with Crippen molar-refractivity contribution in [2.24, 2.45) is 5.16 Å². The van der Waals surface area contributed by atoms with Crippen molar-refractivity contribution in [3.8, 4) is 0 Å². The Kier molecular flexibility index (Phi) is 6.04. The highest BCUT2D eigenvalue weighted by molar-refractivity contribution is 5.89. The summed E-state index contributed by atoms with van der Waals surface area (Å²) in [7, 11) is 1.49. The van der Waals surface area contributed by atoms with Crippen LogP contribution < -0.4 is 0 Å². The molecule has 1 rings (SSSR count). The second-order valence-electron chi connectivity index (χ2n) is 3.76. The molecule has 17 heavy (non-hydrogen) atoms. The molecule has 0 aromatic heterocycles. The Balaban J connectivity index is 2.70. The summed E-state index contributed by atoms with van der Waals surface area (Å²) < 4.78 is 0. The van der Waals surface area contributed by atoms with E-state index in [1.165, 1.54) is 7.11 Å². The molecule has 0 fully saturated rings. The van der Waals surface area contributed by atoms with Crippen LogP contribution in [0.1, 0.15) is 30.9 Å². The monoisotopic (exact) mass is 233 g/mol. The maximum atomic E-state index is 10.2. The molecule has 0 aliphatic rings. The van der Waals surface area contributed by atoms with Crippen LogP contribution in [0.25, 0.3) is 0 Å². The van der Waals surface area contributed by atoms with E-state index in [-0.39, 0.29) is 0 Å². The summed E-state index contributed by atoms with van der Waals surface area (Å²) in [5, 5.41) is 14.1. The number of aliphatic hydroxyl groups excluding tert-OH is 1. The first-order valence-electron chi connectivity index (χ1n) is 5.73. The number of oxime groups is 1. The molecule has 0 aliphatic heterocycles. The normalized spacial score (nSPS) is 13.2. The highest BCUT2D eigenvalue weighted by Crippen LogP contribution is 2.17. The molecule has 0 saturated heterocycles. The summed E-state index contributed by atoms with van der Waals surface area (Å²) in [6.45, 7) is 3.67. The predicted octanol–water partition coefficient (Wildman–Crippen LogP) is 3.08. The van der Waals surface area contributed by atoms with Crippen molar-refractivity contribution in [2.45, 2.75) is 25.4 Å². The van der Waals surface area contributed by atoms with Gasteiger partial charge in [-0.05, 0) is 24.8 Å². The smallest absolute Gasteiger partial charge is 0.120 e. The maximum Gasteiger partial charge on any atom is 0.120 e. The molecule has 1 unspecified atom stereocenters. The van der Waals surface area contributed by atoms with Gasteiger partial charge in [-0.15, -0.1) is 6.58 Å². The standard InChI is InChI=1S/C14H19NO2/c1-3-4-6-11-13(15-17-2)14(16)12-9-7-5-8-10-12/h3,5,7-10,14,16H,1,4,6,11H2,2H3/b15-13-. The number of hydrogen-bond donors (Lipinski definition) is 1. The molecule has 92 valence electrons. The van der Waals surface area contributed by atoms with Gasteiger partial charge in [-0.2, -0.15) is 0 Å².